The second-order valence-corrected chi connectivity index (χ2v) is 8.76. The molecule has 158 valence electrons. The number of benzene rings is 2. The molecule has 0 aliphatic heterocycles. The van der Waals surface area contributed by atoms with E-state index in [1.807, 2.05) is 20.8 Å². The van der Waals surface area contributed by atoms with Gasteiger partial charge in [0.25, 0.3) is 0 Å². The van der Waals surface area contributed by atoms with E-state index in [9.17, 15) is 13.2 Å². The van der Waals surface area contributed by atoms with Crippen LogP contribution in [-0.2, 0) is 14.8 Å². The highest BCUT2D eigenvalue weighted by Gasteiger charge is 2.21. The van der Waals surface area contributed by atoms with Crippen LogP contribution in [0.4, 0.5) is 11.4 Å². The summed E-state index contributed by atoms with van der Waals surface area (Å²) in [5.74, 6) is 0.901. The summed E-state index contributed by atoms with van der Waals surface area (Å²) in [6.07, 6.45) is 2.00. The van der Waals surface area contributed by atoms with Crippen LogP contribution in [-0.4, -0.2) is 39.8 Å². The first kappa shape index (κ1) is 22.5. The lowest BCUT2D eigenvalue weighted by Gasteiger charge is -2.22. The molecule has 2 aromatic rings. The smallest absolute Gasteiger partial charge is 0.245 e. The molecule has 0 atom stereocenters. The van der Waals surface area contributed by atoms with Gasteiger partial charge in [-0.3, -0.25) is 9.10 Å². The maximum Gasteiger partial charge on any atom is 0.245 e. The normalized spacial score (nSPS) is 11.2. The standard InChI is InChI=1S/C21H28N2O5S/c1-5-14-27-19-12-8-18(9-13-19)23(29(4,25)26)15-21(24)22-17-6-10-20(11-7-17)28-16(2)3/h6-13,16H,5,14-15H2,1-4H3,(H,22,24). The van der Waals surface area contributed by atoms with Gasteiger partial charge in [0.05, 0.1) is 24.7 Å². The minimum Gasteiger partial charge on any atom is -0.494 e. The lowest BCUT2D eigenvalue weighted by molar-refractivity contribution is -0.114. The van der Waals surface area contributed by atoms with Crippen molar-refractivity contribution >= 4 is 27.3 Å². The molecule has 0 radical (unpaired) electrons. The number of sulfonamides is 1. The molecule has 1 N–H and O–H groups in total. The van der Waals surface area contributed by atoms with E-state index < -0.39 is 15.9 Å². The van der Waals surface area contributed by atoms with Crippen molar-refractivity contribution in [1.29, 1.82) is 0 Å². The Kier molecular flexibility index (Phi) is 7.90. The van der Waals surface area contributed by atoms with Crippen molar-refractivity contribution in [2.45, 2.75) is 33.3 Å². The summed E-state index contributed by atoms with van der Waals surface area (Å²) in [5, 5.41) is 2.71. The zero-order chi connectivity index (χ0) is 21.4. The second kappa shape index (κ2) is 10.2. The molecule has 29 heavy (non-hydrogen) atoms. The lowest BCUT2D eigenvalue weighted by Crippen LogP contribution is -2.37. The van der Waals surface area contributed by atoms with E-state index in [2.05, 4.69) is 5.32 Å². The van der Waals surface area contributed by atoms with Gasteiger partial charge in [-0.15, -0.1) is 0 Å². The van der Waals surface area contributed by atoms with Crippen LogP contribution < -0.4 is 19.1 Å². The molecule has 0 heterocycles. The predicted molar refractivity (Wildman–Crippen MR) is 115 cm³/mol. The van der Waals surface area contributed by atoms with E-state index in [4.69, 9.17) is 9.47 Å². The predicted octanol–water partition coefficient (Wildman–Crippen LogP) is 3.67. The van der Waals surface area contributed by atoms with E-state index in [-0.39, 0.29) is 12.6 Å². The fraction of sp³-hybridized carbons (Fsp3) is 0.381. The highest BCUT2D eigenvalue weighted by atomic mass is 32.2. The Morgan fingerprint density at radius 3 is 2.14 bits per heavy atom. The van der Waals surface area contributed by atoms with Crippen LogP contribution in [0.1, 0.15) is 27.2 Å². The summed E-state index contributed by atoms with van der Waals surface area (Å²) in [5.41, 5.74) is 0.954. The average Bonchev–Trinajstić information content (AvgIpc) is 2.65. The van der Waals surface area contributed by atoms with Crippen molar-refractivity contribution in [3.63, 3.8) is 0 Å². The maximum atomic E-state index is 12.4. The molecule has 0 spiro atoms. The van der Waals surface area contributed by atoms with Gasteiger partial charge in [-0.05, 0) is 68.8 Å². The number of nitrogens with zero attached hydrogens (tertiary/aromatic N) is 1. The summed E-state index contributed by atoms with van der Waals surface area (Å²) in [4.78, 5) is 12.4. The Morgan fingerprint density at radius 1 is 1.03 bits per heavy atom. The SMILES string of the molecule is CCCOc1ccc(N(CC(=O)Nc2ccc(OC(C)C)cc2)S(C)(=O)=O)cc1. The highest BCUT2D eigenvalue weighted by molar-refractivity contribution is 7.92. The minimum atomic E-state index is -3.64. The Balaban J connectivity index is 2.07. The molecule has 1 amide bonds. The number of hydrogen-bond acceptors (Lipinski definition) is 5. The van der Waals surface area contributed by atoms with Crippen LogP contribution in [0.15, 0.2) is 48.5 Å². The molecule has 8 heteroatoms. The number of rotatable bonds is 10. The van der Waals surface area contributed by atoms with Crippen LogP contribution in [0.3, 0.4) is 0 Å². The Bertz CT molecular complexity index is 894. The summed E-state index contributed by atoms with van der Waals surface area (Å²) in [7, 11) is -3.64. The van der Waals surface area contributed by atoms with Crippen LogP contribution in [0.25, 0.3) is 0 Å². The van der Waals surface area contributed by atoms with Crippen molar-refractivity contribution in [1.82, 2.24) is 0 Å². The molecule has 0 saturated carbocycles. The van der Waals surface area contributed by atoms with Gasteiger partial charge in [-0.2, -0.15) is 0 Å². The summed E-state index contributed by atoms with van der Waals surface area (Å²) < 4.78 is 36.6. The van der Waals surface area contributed by atoms with Crippen LogP contribution in [0, 0.1) is 0 Å². The summed E-state index contributed by atoms with van der Waals surface area (Å²) in [6, 6.07) is 13.5. The Morgan fingerprint density at radius 2 is 1.62 bits per heavy atom. The molecule has 2 rings (SSSR count). The fourth-order valence-corrected chi connectivity index (χ4v) is 3.40. The summed E-state index contributed by atoms with van der Waals surface area (Å²) in [6.45, 7) is 6.11. The number of hydrogen-bond donors (Lipinski definition) is 1. The number of amides is 1. The summed E-state index contributed by atoms with van der Waals surface area (Å²) >= 11 is 0. The van der Waals surface area contributed by atoms with Crippen molar-refractivity contribution in [3.8, 4) is 11.5 Å². The number of carbonyl (C=O) groups is 1. The first-order valence-corrected chi connectivity index (χ1v) is 11.3. The third kappa shape index (κ3) is 7.30. The molecule has 2 aromatic carbocycles. The fourth-order valence-electron chi connectivity index (χ4n) is 2.55. The molecule has 0 unspecified atom stereocenters. The van der Waals surface area contributed by atoms with Gasteiger partial charge in [0.1, 0.15) is 18.0 Å². The third-order valence-electron chi connectivity index (χ3n) is 3.79. The topological polar surface area (TPSA) is 84.9 Å². The number of anilines is 2. The number of carbonyl (C=O) groups excluding carboxylic acids is 1. The van der Waals surface area contributed by atoms with Crippen molar-refractivity contribution in [3.05, 3.63) is 48.5 Å². The molecule has 0 fully saturated rings. The van der Waals surface area contributed by atoms with Crippen molar-refractivity contribution in [2.24, 2.45) is 0 Å². The van der Waals surface area contributed by atoms with E-state index in [0.29, 0.717) is 29.5 Å². The zero-order valence-corrected chi connectivity index (χ0v) is 18.0. The second-order valence-electron chi connectivity index (χ2n) is 6.85. The first-order chi connectivity index (χ1) is 13.7. The van der Waals surface area contributed by atoms with Gasteiger partial charge < -0.3 is 14.8 Å². The van der Waals surface area contributed by atoms with Crippen molar-refractivity contribution < 1.29 is 22.7 Å². The van der Waals surface area contributed by atoms with Gasteiger partial charge >= 0.3 is 0 Å². The van der Waals surface area contributed by atoms with E-state index >= 15 is 0 Å². The van der Waals surface area contributed by atoms with E-state index in [0.717, 1.165) is 17.0 Å². The monoisotopic (exact) mass is 420 g/mol. The minimum absolute atomic E-state index is 0.0533. The largest absolute Gasteiger partial charge is 0.494 e. The molecule has 0 aromatic heterocycles. The molecule has 0 aliphatic rings. The van der Waals surface area contributed by atoms with Gasteiger partial charge in [0, 0.05) is 5.69 Å². The van der Waals surface area contributed by atoms with Gasteiger partial charge in [-0.1, -0.05) is 6.92 Å². The average molecular weight is 421 g/mol. The van der Waals surface area contributed by atoms with Crippen molar-refractivity contribution in [2.75, 3.05) is 29.0 Å². The first-order valence-electron chi connectivity index (χ1n) is 9.46. The van der Waals surface area contributed by atoms with Gasteiger partial charge in [-0.25, -0.2) is 8.42 Å². The number of ether oxygens (including phenoxy) is 2. The Labute approximate surface area is 172 Å². The van der Waals surface area contributed by atoms with E-state index in [1.165, 1.54) is 0 Å². The molecule has 0 saturated heterocycles. The maximum absolute atomic E-state index is 12.4. The molecular weight excluding hydrogens is 392 g/mol. The highest BCUT2D eigenvalue weighted by Crippen LogP contribution is 2.22. The number of nitrogens with one attached hydrogen (secondary N) is 1. The van der Waals surface area contributed by atoms with Crippen LogP contribution >= 0.6 is 0 Å². The van der Waals surface area contributed by atoms with E-state index in [1.54, 1.807) is 48.5 Å². The Hall–Kier alpha value is -2.74. The molecule has 0 bridgehead atoms. The third-order valence-corrected chi connectivity index (χ3v) is 4.94. The van der Waals surface area contributed by atoms with Gasteiger partial charge in [0.2, 0.25) is 15.9 Å². The zero-order valence-electron chi connectivity index (χ0n) is 17.2. The lowest BCUT2D eigenvalue weighted by atomic mass is 10.3. The molecular formula is C21H28N2O5S. The van der Waals surface area contributed by atoms with Crippen LogP contribution in [0.5, 0.6) is 11.5 Å². The van der Waals surface area contributed by atoms with Crippen LogP contribution in [0.2, 0.25) is 0 Å². The molecule has 0 aliphatic carbocycles. The quantitative estimate of drug-likeness (QED) is 0.634. The van der Waals surface area contributed by atoms with Gasteiger partial charge in [0.15, 0.2) is 0 Å². The molecule has 7 nitrogen and oxygen atoms in total.